The molecule has 3 nitrogen and oxygen atoms in total. The van der Waals surface area contributed by atoms with Gasteiger partial charge in [-0.05, 0) is 51.7 Å². The third-order valence-corrected chi connectivity index (χ3v) is 3.98. The molecule has 1 unspecified atom stereocenters. The first-order chi connectivity index (χ1) is 9.04. The van der Waals surface area contributed by atoms with Crippen molar-refractivity contribution in [3.05, 3.63) is 35.5 Å². The fraction of sp³-hybridized carbons (Fsp3) is 0.438. The van der Waals surface area contributed by atoms with Crippen molar-refractivity contribution in [1.29, 1.82) is 0 Å². The molecule has 0 bridgehead atoms. The van der Waals surface area contributed by atoms with Gasteiger partial charge >= 0.3 is 0 Å². The molecular weight excluding hydrogens is 234 g/mol. The van der Waals surface area contributed by atoms with E-state index in [1.54, 1.807) is 0 Å². The van der Waals surface area contributed by atoms with Crippen molar-refractivity contribution in [1.82, 2.24) is 9.78 Å². The molecule has 100 valence electrons. The molecule has 0 spiro atoms. The number of aryl methyl sites for hydroxylation is 2. The Morgan fingerprint density at radius 1 is 1.21 bits per heavy atom. The van der Waals surface area contributed by atoms with Gasteiger partial charge in [0, 0.05) is 11.8 Å². The van der Waals surface area contributed by atoms with E-state index < -0.39 is 0 Å². The maximum absolute atomic E-state index is 6.15. The Hall–Kier alpha value is -1.77. The molecule has 0 aliphatic heterocycles. The van der Waals surface area contributed by atoms with E-state index in [4.69, 9.17) is 10.8 Å². The van der Waals surface area contributed by atoms with E-state index in [1.807, 2.05) is 10.9 Å². The zero-order valence-corrected chi connectivity index (χ0v) is 11.9. The minimum Gasteiger partial charge on any atom is -0.396 e. The Kier molecular flexibility index (Phi) is 2.85. The van der Waals surface area contributed by atoms with Gasteiger partial charge in [-0.1, -0.05) is 17.2 Å². The first kappa shape index (κ1) is 12.3. The van der Waals surface area contributed by atoms with Crippen LogP contribution in [0.2, 0.25) is 0 Å². The van der Waals surface area contributed by atoms with Crippen LogP contribution in [0.1, 0.15) is 36.9 Å². The van der Waals surface area contributed by atoms with E-state index in [0.29, 0.717) is 6.04 Å². The van der Waals surface area contributed by atoms with Crippen LogP contribution >= 0.6 is 0 Å². The maximum atomic E-state index is 6.15. The highest BCUT2D eigenvalue weighted by molar-refractivity contribution is 5.72. The standard InChI is InChI=1S/C16H21N3/c1-10-6-11(2)8-14(7-10)16-15(17)9-19(18-16)12(3)13-4-5-13/h6-9,12-13H,4-5,17H2,1-3H3. The topological polar surface area (TPSA) is 43.8 Å². The number of nitrogens with two attached hydrogens (primary N) is 1. The van der Waals surface area contributed by atoms with Crippen molar-refractivity contribution in [2.45, 2.75) is 39.7 Å². The van der Waals surface area contributed by atoms with Gasteiger partial charge in [0.2, 0.25) is 0 Å². The van der Waals surface area contributed by atoms with Crippen LogP contribution in [0.15, 0.2) is 24.4 Å². The summed E-state index contributed by atoms with van der Waals surface area (Å²) in [5.41, 5.74) is 11.5. The minimum absolute atomic E-state index is 0.460. The molecule has 2 aromatic rings. The lowest BCUT2D eigenvalue weighted by Gasteiger charge is -2.09. The van der Waals surface area contributed by atoms with Crippen LogP contribution < -0.4 is 5.73 Å². The molecule has 1 aliphatic carbocycles. The van der Waals surface area contributed by atoms with Crippen molar-refractivity contribution >= 4 is 5.69 Å². The number of hydrogen-bond acceptors (Lipinski definition) is 2. The van der Waals surface area contributed by atoms with Gasteiger partial charge in [0.05, 0.1) is 11.7 Å². The van der Waals surface area contributed by atoms with Crippen molar-refractivity contribution in [2.75, 3.05) is 5.73 Å². The van der Waals surface area contributed by atoms with E-state index >= 15 is 0 Å². The molecule has 1 aliphatic rings. The van der Waals surface area contributed by atoms with Crippen molar-refractivity contribution in [3.8, 4) is 11.3 Å². The fourth-order valence-corrected chi connectivity index (χ4v) is 2.74. The average molecular weight is 255 g/mol. The third-order valence-electron chi connectivity index (χ3n) is 3.98. The summed E-state index contributed by atoms with van der Waals surface area (Å²) in [6.07, 6.45) is 4.62. The summed E-state index contributed by atoms with van der Waals surface area (Å²) >= 11 is 0. The second-order valence-corrected chi connectivity index (χ2v) is 5.87. The molecule has 0 saturated heterocycles. The molecule has 19 heavy (non-hydrogen) atoms. The zero-order chi connectivity index (χ0) is 13.6. The summed E-state index contributed by atoms with van der Waals surface area (Å²) in [7, 11) is 0. The Bertz CT molecular complexity index is 588. The number of nitrogen functional groups attached to an aromatic ring is 1. The highest BCUT2D eigenvalue weighted by Crippen LogP contribution is 2.40. The van der Waals surface area contributed by atoms with E-state index in [2.05, 4.69) is 39.0 Å². The smallest absolute Gasteiger partial charge is 0.115 e. The lowest BCUT2D eigenvalue weighted by atomic mass is 10.0. The number of nitrogens with zero attached hydrogens (tertiary/aromatic N) is 2. The van der Waals surface area contributed by atoms with Crippen LogP contribution in [-0.2, 0) is 0 Å². The number of anilines is 1. The lowest BCUT2D eigenvalue weighted by Crippen LogP contribution is -2.07. The number of hydrogen-bond donors (Lipinski definition) is 1. The first-order valence-electron chi connectivity index (χ1n) is 6.98. The predicted molar refractivity (Wildman–Crippen MR) is 79.0 cm³/mol. The summed E-state index contributed by atoms with van der Waals surface area (Å²) in [6, 6.07) is 6.93. The summed E-state index contributed by atoms with van der Waals surface area (Å²) in [5.74, 6) is 0.784. The Balaban J connectivity index is 2.00. The molecule has 3 heteroatoms. The normalized spacial score (nSPS) is 16.6. The van der Waals surface area contributed by atoms with E-state index in [9.17, 15) is 0 Å². The SMILES string of the molecule is Cc1cc(C)cc(-c2nn(C(C)C3CC3)cc2N)c1. The van der Waals surface area contributed by atoms with E-state index in [1.165, 1.54) is 24.0 Å². The van der Waals surface area contributed by atoms with Crippen molar-refractivity contribution in [3.63, 3.8) is 0 Å². The van der Waals surface area contributed by atoms with Gasteiger partial charge in [-0.3, -0.25) is 4.68 Å². The zero-order valence-electron chi connectivity index (χ0n) is 11.9. The highest BCUT2D eigenvalue weighted by Gasteiger charge is 2.30. The molecule has 1 saturated carbocycles. The lowest BCUT2D eigenvalue weighted by molar-refractivity contribution is 0.441. The van der Waals surface area contributed by atoms with Gasteiger partial charge in [-0.2, -0.15) is 5.10 Å². The van der Waals surface area contributed by atoms with Gasteiger partial charge in [-0.15, -0.1) is 0 Å². The molecule has 1 fully saturated rings. The van der Waals surface area contributed by atoms with Gasteiger partial charge < -0.3 is 5.73 Å². The van der Waals surface area contributed by atoms with E-state index in [-0.39, 0.29) is 0 Å². The first-order valence-corrected chi connectivity index (χ1v) is 6.98. The molecular formula is C16H21N3. The molecule has 0 radical (unpaired) electrons. The van der Waals surface area contributed by atoms with Crippen LogP contribution in [0.3, 0.4) is 0 Å². The Morgan fingerprint density at radius 2 is 1.84 bits per heavy atom. The predicted octanol–water partition coefficient (Wildman–Crippen LogP) is 3.72. The number of rotatable bonds is 3. The molecule has 3 rings (SSSR count). The Morgan fingerprint density at radius 3 is 2.42 bits per heavy atom. The monoisotopic (exact) mass is 255 g/mol. The van der Waals surface area contributed by atoms with Crippen LogP contribution in [0, 0.1) is 19.8 Å². The van der Waals surface area contributed by atoms with E-state index in [0.717, 1.165) is 22.9 Å². The fourth-order valence-electron chi connectivity index (χ4n) is 2.74. The third kappa shape index (κ3) is 2.37. The summed E-state index contributed by atoms with van der Waals surface area (Å²) in [6.45, 7) is 6.45. The van der Waals surface area contributed by atoms with Crippen LogP contribution in [0.4, 0.5) is 5.69 Å². The summed E-state index contributed by atoms with van der Waals surface area (Å²) < 4.78 is 2.04. The second-order valence-electron chi connectivity index (χ2n) is 5.87. The number of aromatic nitrogens is 2. The summed E-state index contributed by atoms with van der Waals surface area (Å²) in [4.78, 5) is 0. The van der Waals surface area contributed by atoms with Crippen molar-refractivity contribution in [2.24, 2.45) is 5.92 Å². The number of benzene rings is 1. The van der Waals surface area contributed by atoms with Gasteiger partial charge in [0.1, 0.15) is 5.69 Å². The van der Waals surface area contributed by atoms with Crippen LogP contribution in [0.5, 0.6) is 0 Å². The largest absolute Gasteiger partial charge is 0.396 e. The van der Waals surface area contributed by atoms with Gasteiger partial charge in [-0.25, -0.2) is 0 Å². The highest BCUT2D eigenvalue weighted by atomic mass is 15.3. The average Bonchev–Trinajstić information content (AvgIpc) is 3.10. The molecule has 1 heterocycles. The van der Waals surface area contributed by atoms with Crippen LogP contribution in [-0.4, -0.2) is 9.78 Å². The van der Waals surface area contributed by atoms with Crippen LogP contribution in [0.25, 0.3) is 11.3 Å². The van der Waals surface area contributed by atoms with Gasteiger partial charge in [0.15, 0.2) is 0 Å². The molecule has 0 amide bonds. The minimum atomic E-state index is 0.460. The molecule has 1 aromatic heterocycles. The molecule has 2 N–H and O–H groups in total. The second kappa shape index (κ2) is 4.41. The maximum Gasteiger partial charge on any atom is 0.115 e. The summed E-state index contributed by atoms with van der Waals surface area (Å²) in [5, 5.41) is 4.72. The Labute approximate surface area is 114 Å². The quantitative estimate of drug-likeness (QED) is 0.908. The molecule has 1 aromatic carbocycles. The molecule has 1 atom stereocenters. The van der Waals surface area contributed by atoms with Gasteiger partial charge in [0.25, 0.3) is 0 Å². The van der Waals surface area contributed by atoms with Crippen molar-refractivity contribution < 1.29 is 0 Å².